The molecule has 1 aliphatic rings. The van der Waals surface area contributed by atoms with Gasteiger partial charge < -0.3 is 15.0 Å². The minimum absolute atomic E-state index is 0. The third kappa shape index (κ3) is 5.33. The number of halogens is 2. The van der Waals surface area contributed by atoms with E-state index in [-0.39, 0.29) is 24.9 Å². The molecule has 1 N–H and O–H groups in total. The van der Waals surface area contributed by atoms with E-state index in [1.54, 1.807) is 0 Å². The fourth-order valence-corrected chi connectivity index (χ4v) is 3.57. The molecule has 0 unspecified atom stereocenters. The Bertz CT molecular complexity index is 718. The van der Waals surface area contributed by atoms with Crippen molar-refractivity contribution in [2.24, 2.45) is 5.92 Å². The van der Waals surface area contributed by atoms with Crippen LogP contribution in [0.2, 0.25) is 0 Å². The summed E-state index contributed by atoms with van der Waals surface area (Å²) < 4.78 is 6.77. The summed E-state index contributed by atoms with van der Waals surface area (Å²) in [6.45, 7) is 2.81. The maximum absolute atomic E-state index is 12.3. The van der Waals surface area contributed by atoms with Gasteiger partial charge in [0.15, 0.2) is 6.61 Å². The van der Waals surface area contributed by atoms with E-state index in [0.29, 0.717) is 5.92 Å². The highest BCUT2D eigenvalue weighted by Gasteiger charge is 2.22. The third-order valence-corrected chi connectivity index (χ3v) is 5.09. The Morgan fingerprint density at radius 2 is 1.88 bits per heavy atom. The lowest BCUT2D eigenvalue weighted by Gasteiger charge is -2.31. The average molecular weight is 428 g/mol. The molecule has 0 radical (unpaired) electrons. The second kappa shape index (κ2) is 9.41. The number of rotatable bonds is 5. The molecule has 0 aliphatic carbocycles. The molecular weight excluding hydrogens is 404 g/mol. The lowest BCUT2D eigenvalue weighted by atomic mass is 9.97. The molecule has 0 saturated carbocycles. The average Bonchev–Trinajstić information content (AvgIpc) is 2.60. The van der Waals surface area contributed by atoms with Gasteiger partial charge in [0, 0.05) is 17.6 Å². The Morgan fingerprint density at radius 3 is 2.60 bits per heavy atom. The molecule has 1 heterocycles. The van der Waals surface area contributed by atoms with Gasteiger partial charge in [0.25, 0.3) is 5.91 Å². The first kappa shape index (κ1) is 20.0. The third-order valence-electron chi connectivity index (χ3n) is 4.60. The van der Waals surface area contributed by atoms with Gasteiger partial charge in [-0.05, 0) is 67.4 Å². The molecular formula is C19H24BrClN2O2. The van der Waals surface area contributed by atoms with Gasteiger partial charge in [-0.3, -0.25) is 4.79 Å². The molecule has 25 heavy (non-hydrogen) atoms. The molecule has 6 heteroatoms. The zero-order valence-electron chi connectivity index (χ0n) is 14.3. The van der Waals surface area contributed by atoms with E-state index in [0.717, 1.165) is 53.5 Å². The molecule has 2 aromatic rings. The number of carbonyl (C=O) groups is 1. The number of nitrogens with zero attached hydrogens (tertiary/aromatic N) is 1. The first-order valence-electron chi connectivity index (χ1n) is 8.40. The van der Waals surface area contributed by atoms with Crippen molar-refractivity contribution in [2.45, 2.75) is 12.8 Å². The van der Waals surface area contributed by atoms with Crippen molar-refractivity contribution in [1.82, 2.24) is 10.2 Å². The number of piperidine rings is 1. The van der Waals surface area contributed by atoms with Gasteiger partial charge in [-0.15, -0.1) is 12.4 Å². The Morgan fingerprint density at radius 1 is 1.20 bits per heavy atom. The van der Waals surface area contributed by atoms with Crippen molar-refractivity contribution >= 4 is 45.0 Å². The molecule has 0 bridgehead atoms. The number of nitrogens with one attached hydrogen (secondary N) is 1. The fourth-order valence-electron chi connectivity index (χ4n) is 3.20. The second-order valence-corrected chi connectivity index (χ2v) is 7.24. The molecule has 1 aliphatic heterocycles. The van der Waals surface area contributed by atoms with E-state index in [1.165, 1.54) is 0 Å². The SMILES string of the molecule is CNCC1CCN(C(=O)COc2ccc3cc(Br)ccc3c2)CC1.Cl. The molecule has 0 aromatic heterocycles. The van der Waals surface area contributed by atoms with E-state index in [4.69, 9.17) is 4.74 Å². The molecule has 0 atom stereocenters. The predicted molar refractivity (Wildman–Crippen MR) is 108 cm³/mol. The molecule has 1 fully saturated rings. The largest absolute Gasteiger partial charge is 0.484 e. The minimum Gasteiger partial charge on any atom is -0.484 e. The second-order valence-electron chi connectivity index (χ2n) is 6.32. The Hall–Kier alpha value is -1.30. The molecule has 0 spiro atoms. The van der Waals surface area contributed by atoms with Crippen molar-refractivity contribution in [2.75, 3.05) is 33.3 Å². The first-order chi connectivity index (χ1) is 11.7. The summed E-state index contributed by atoms with van der Waals surface area (Å²) in [5.74, 6) is 1.50. The number of hydrogen-bond donors (Lipinski definition) is 1. The highest BCUT2D eigenvalue weighted by molar-refractivity contribution is 9.10. The van der Waals surface area contributed by atoms with Crippen molar-refractivity contribution in [1.29, 1.82) is 0 Å². The van der Waals surface area contributed by atoms with Gasteiger partial charge in [-0.2, -0.15) is 0 Å². The number of benzene rings is 2. The van der Waals surface area contributed by atoms with Crippen LogP contribution in [0.25, 0.3) is 10.8 Å². The number of amides is 1. The maximum Gasteiger partial charge on any atom is 0.260 e. The topological polar surface area (TPSA) is 41.6 Å². The highest BCUT2D eigenvalue weighted by atomic mass is 79.9. The number of carbonyl (C=O) groups excluding carboxylic acids is 1. The van der Waals surface area contributed by atoms with Crippen LogP contribution in [0.5, 0.6) is 5.75 Å². The quantitative estimate of drug-likeness (QED) is 0.788. The van der Waals surface area contributed by atoms with Gasteiger partial charge >= 0.3 is 0 Å². The highest BCUT2D eigenvalue weighted by Crippen LogP contribution is 2.24. The van der Waals surface area contributed by atoms with Crippen LogP contribution in [-0.2, 0) is 4.79 Å². The van der Waals surface area contributed by atoms with Crippen LogP contribution in [0, 0.1) is 5.92 Å². The molecule has 1 amide bonds. The fraction of sp³-hybridized carbons (Fsp3) is 0.421. The summed E-state index contributed by atoms with van der Waals surface area (Å²) >= 11 is 3.47. The monoisotopic (exact) mass is 426 g/mol. The van der Waals surface area contributed by atoms with E-state index >= 15 is 0 Å². The van der Waals surface area contributed by atoms with E-state index in [2.05, 4.69) is 27.3 Å². The van der Waals surface area contributed by atoms with E-state index in [9.17, 15) is 4.79 Å². The Kier molecular flexibility index (Phi) is 7.54. The standard InChI is InChI=1S/C19H23BrN2O2.ClH/c1-21-12-14-6-8-22(9-7-14)19(23)13-24-18-5-3-15-10-17(20)4-2-16(15)11-18;/h2-5,10-11,14,21H,6-9,12-13H2,1H3;1H. The molecule has 2 aromatic carbocycles. The summed E-state index contributed by atoms with van der Waals surface area (Å²) in [5.41, 5.74) is 0. The van der Waals surface area contributed by atoms with Gasteiger partial charge in [0.05, 0.1) is 0 Å². The van der Waals surface area contributed by atoms with Crippen molar-refractivity contribution in [3.05, 3.63) is 40.9 Å². The lowest BCUT2D eigenvalue weighted by molar-refractivity contribution is -0.134. The zero-order chi connectivity index (χ0) is 16.9. The number of likely N-dealkylation sites (tertiary alicyclic amines) is 1. The molecule has 3 rings (SSSR count). The summed E-state index contributed by atoms with van der Waals surface area (Å²) in [6, 6.07) is 12.0. The zero-order valence-corrected chi connectivity index (χ0v) is 16.7. The number of hydrogen-bond acceptors (Lipinski definition) is 3. The first-order valence-corrected chi connectivity index (χ1v) is 9.19. The normalized spacial score (nSPS) is 15.0. The van der Waals surface area contributed by atoms with Gasteiger partial charge in [-0.25, -0.2) is 0 Å². The van der Waals surface area contributed by atoms with Crippen LogP contribution in [0.15, 0.2) is 40.9 Å². The van der Waals surface area contributed by atoms with Gasteiger partial charge in [-0.1, -0.05) is 28.1 Å². The van der Waals surface area contributed by atoms with Crippen LogP contribution < -0.4 is 10.1 Å². The molecule has 1 saturated heterocycles. The van der Waals surface area contributed by atoms with E-state index in [1.807, 2.05) is 42.3 Å². The molecule has 4 nitrogen and oxygen atoms in total. The maximum atomic E-state index is 12.3. The van der Waals surface area contributed by atoms with Crippen LogP contribution in [0.4, 0.5) is 0 Å². The lowest BCUT2D eigenvalue weighted by Crippen LogP contribution is -2.42. The Labute approximate surface area is 163 Å². The van der Waals surface area contributed by atoms with Crippen molar-refractivity contribution in [3.63, 3.8) is 0 Å². The van der Waals surface area contributed by atoms with Gasteiger partial charge in [0.2, 0.25) is 0 Å². The summed E-state index contributed by atoms with van der Waals surface area (Å²) in [4.78, 5) is 14.2. The minimum atomic E-state index is 0. The summed E-state index contributed by atoms with van der Waals surface area (Å²) in [7, 11) is 1.98. The number of fused-ring (bicyclic) bond motifs is 1. The van der Waals surface area contributed by atoms with Crippen LogP contribution in [0.3, 0.4) is 0 Å². The van der Waals surface area contributed by atoms with Crippen molar-refractivity contribution < 1.29 is 9.53 Å². The van der Waals surface area contributed by atoms with Crippen LogP contribution in [0.1, 0.15) is 12.8 Å². The van der Waals surface area contributed by atoms with Gasteiger partial charge in [0.1, 0.15) is 5.75 Å². The summed E-state index contributed by atoms with van der Waals surface area (Å²) in [5, 5.41) is 5.47. The van der Waals surface area contributed by atoms with Crippen molar-refractivity contribution in [3.8, 4) is 5.75 Å². The predicted octanol–water partition coefficient (Wildman–Crippen LogP) is 3.86. The van der Waals surface area contributed by atoms with Crippen LogP contribution in [-0.4, -0.2) is 44.1 Å². The number of ether oxygens (including phenoxy) is 1. The van der Waals surface area contributed by atoms with E-state index < -0.39 is 0 Å². The van der Waals surface area contributed by atoms with Crippen LogP contribution >= 0.6 is 28.3 Å². The smallest absolute Gasteiger partial charge is 0.260 e. The molecule has 136 valence electrons. The Balaban J connectivity index is 0.00000225. The summed E-state index contributed by atoms with van der Waals surface area (Å²) in [6.07, 6.45) is 2.13.